The van der Waals surface area contributed by atoms with Gasteiger partial charge in [0, 0.05) is 22.7 Å². The quantitative estimate of drug-likeness (QED) is 0.921. The van der Waals surface area contributed by atoms with Gasteiger partial charge >= 0.3 is 0 Å². The highest BCUT2D eigenvalue weighted by Gasteiger charge is 2.60. The van der Waals surface area contributed by atoms with Crippen LogP contribution in [-0.4, -0.2) is 34.7 Å². The van der Waals surface area contributed by atoms with Crippen molar-refractivity contribution in [3.63, 3.8) is 0 Å². The number of nitrogens with one attached hydrogen (secondary N) is 1. The summed E-state index contributed by atoms with van der Waals surface area (Å²) in [5.74, 6) is 1.66. The minimum absolute atomic E-state index is 0.402. The molecule has 4 fully saturated rings. The van der Waals surface area contributed by atoms with E-state index in [1.807, 2.05) is 18.2 Å². The lowest BCUT2D eigenvalue weighted by molar-refractivity contribution is 0.0202. The van der Waals surface area contributed by atoms with Gasteiger partial charge in [0.1, 0.15) is 0 Å². The van der Waals surface area contributed by atoms with Gasteiger partial charge in [0.05, 0.1) is 5.39 Å². The minimum atomic E-state index is 0.402. The van der Waals surface area contributed by atoms with Gasteiger partial charge in [0.2, 0.25) is 0 Å². The number of rotatable bonds is 2. The van der Waals surface area contributed by atoms with Crippen molar-refractivity contribution in [3.05, 3.63) is 23.2 Å². The van der Waals surface area contributed by atoms with Crippen LogP contribution in [0.25, 0.3) is 11.0 Å². The lowest BCUT2D eigenvalue weighted by Crippen LogP contribution is -2.62. The number of piperidine rings is 3. The van der Waals surface area contributed by atoms with E-state index in [2.05, 4.69) is 15.4 Å². The molecule has 2 aromatic rings. The molecule has 5 heteroatoms. The molecule has 1 aromatic heterocycles. The molecule has 4 aliphatic rings. The second-order valence-electron chi connectivity index (χ2n) is 6.72. The standard InChI is InChI=1S/C16H18ClN3O/c17-11-1-2-12-13(9-11)21-19-15(12)18-14-10-3-7-20(8-4-10)16(14)5-6-16/h1-2,9-10,14H,3-8H2,(H,18,19)/t14-/m1/s1. The Labute approximate surface area is 128 Å². The Hall–Kier alpha value is -1.26. The Kier molecular flexibility index (Phi) is 2.43. The molecule has 3 saturated heterocycles. The summed E-state index contributed by atoms with van der Waals surface area (Å²) in [5.41, 5.74) is 1.16. The number of halogens is 1. The van der Waals surface area contributed by atoms with Gasteiger partial charge in [-0.1, -0.05) is 16.8 Å². The first-order valence-corrected chi connectivity index (χ1v) is 8.21. The van der Waals surface area contributed by atoms with Crippen molar-refractivity contribution in [3.8, 4) is 0 Å². The second kappa shape index (κ2) is 4.14. The van der Waals surface area contributed by atoms with Crippen molar-refractivity contribution in [2.75, 3.05) is 18.4 Å². The molecule has 1 aliphatic carbocycles. The largest absolute Gasteiger partial charge is 0.362 e. The highest BCUT2D eigenvalue weighted by molar-refractivity contribution is 6.31. The van der Waals surface area contributed by atoms with Gasteiger partial charge < -0.3 is 9.84 Å². The molecule has 3 aliphatic heterocycles. The van der Waals surface area contributed by atoms with Crippen molar-refractivity contribution in [2.45, 2.75) is 37.3 Å². The first kappa shape index (κ1) is 12.3. The molecule has 21 heavy (non-hydrogen) atoms. The highest BCUT2D eigenvalue weighted by atomic mass is 35.5. The predicted octanol–water partition coefficient (Wildman–Crippen LogP) is 3.52. The first-order chi connectivity index (χ1) is 10.3. The number of hydrogen-bond donors (Lipinski definition) is 1. The fourth-order valence-corrected chi connectivity index (χ4v) is 4.65. The zero-order valence-corrected chi connectivity index (χ0v) is 12.6. The van der Waals surface area contributed by atoms with E-state index < -0.39 is 0 Å². The molecule has 2 bridgehead atoms. The van der Waals surface area contributed by atoms with Crippen molar-refractivity contribution < 1.29 is 4.52 Å². The van der Waals surface area contributed by atoms with Crippen LogP contribution in [-0.2, 0) is 0 Å². The number of hydrogen-bond acceptors (Lipinski definition) is 4. The van der Waals surface area contributed by atoms with E-state index in [4.69, 9.17) is 16.1 Å². The average Bonchev–Trinajstić information content (AvgIpc) is 3.19. The molecular formula is C16H18ClN3O. The Morgan fingerprint density at radius 1 is 1.29 bits per heavy atom. The SMILES string of the molecule is Clc1ccc2c(N[C@@H]3C4CCN(CC4)C34CC4)noc2c1. The van der Waals surface area contributed by atoms with E-state index >= 15 is 0 Å². The summed E-state index contributed by atoms with van der Waals surface area (Å²) < 4.78 is 5.43. The predicted molar refractivity (Wildman–Crippen MR) is 82.7 cm³/mol. The van der Waals surface area contributed by atoms with Gasteiger partial charge in [-0.2, -0.15) is 0 Å². The lowest BCUT2D eigenvalue weighted by Gasteiger charge is -2.52. The summed E-state index contributed by atoms with van der Waals surface area (Å²) in [6.07, 6.45) is 5.26. The summed E-state index contributed by atoms with van der Waals surface area (Å²) in [7, 11) is 0. The maximum absolute atomic E-state index is 6.01. The average molecular weight is 304 g/mol. The van der Waals surface area contributed by atoms with E-state index in [1.54, 1.807) is 0 Å². The zero-order valence-electron chi connectivity index (χ0n) is 11.8. The van der Waals surface area contributed by atoms with Crippen molar-refractivity contribution in [1.29, 1.82) is 0 Å². The maximum Gasteiger partial charge on any atom is 0.177 e. The molecule has 0 unspecified atom stereocenters. The Bertz CT molecular complexity index is 701. The van der Waals surface area contributed by atoms with Gasteiger partial charge in [-0.15, -0.1) is 0 Å². The van der Waals surface area contributed by atoms with Crippen LogP contribution in [0, 0.1) is 5.92 Å². The summed E-state index contributed by atoms with van der Waals surface area (Å²) >= 11 is 6.01. The zero-order chi connectivity index (χ0) is 14.0. The third kappa shape index (κ3) is 1.69. The van der Waals surface area contributed by atoms with E-state index in [-0.39, 0.29) is 0 Å². The number of fused-ring (bicyclic) bond motifs is 3. The summed E-state index contributed by atoms with van der Waals surface area (Å²) in [4.78, 5) is 2.70. The molecule has 1 aromatic carbocycles. The molecule has 1 atom stereocenters. The number of benzene rings is 1. The van der Waals surface area contributed by atoms with E-state index in [0.29, 0.717) is 16.6 Å². The summed E-state index contributed by atoms with van der Waals surface area (Å²) in [6.45, 7) is 2.55. The fourth-order valence-electron chi connectivity index (χ4n) is 4.48. The Balaban J connectivity index is 1.51. The van der Waals surface area contributed by atoms with Crippen LogP contribution in [0.1, 0.15) is 25.7 Å². The number of aromatic nitrogens is 1. The van der Waals surface area contributed by atoms with Crippen molar-refractivity contribution in [1.82, 2.24) is 10.1 Å². The third-order valence-electron chi connectivity index (χ3n) is 5.71. The van der Waals surface area contributed by atoms with Crippen LogP contribution in [0.4, 0.5) is 5.82 Å². The van der Waals surface area contributed by atoms with Crippen molar-refractivity contribution >= 4 is 28.4 Å². The van der Waals surface area contributed by atoms with Crippen molar-refractivity contribution in [2.24, 2.45) is 5.92 Å². The van der Waals surface area contributed by atoms with E-state index in [0.717, 1.165) is 22.7 Å². The fraction of sp³-hybridized carbons (Fsp3) is 0.562. The van der Waals surface area contributed by atoms with E-state index in [1.165, 1.54) is 38.8 Å². The summed E-state index contributed by atoms with van der Waals surface area (Å²) in [5, 5.41) is 9.68. The second-order valence-corrected chi connectivity index (χ2v) is 7.16. The molecular weight excluding hydrogens is 286 g/mol. The maximum atomic E-state index is 6.01. The van der Waals surface area contributed by atoms with Gasteiger partial charge in [-0.25, -0.2) is 0 Å². The molecule has 1 spiro atoms. The van der Waals surface area contributed by atoms with Gasteiger partial charge in [0.15, 0.2) is 11.4 Å². The highest BCUT2D eigenvalue weighted by Crippen LogP contribution is 2.54. The molecule has 110 valence electrons. The first-order valence-electron chi connectivity index (χ1n) is 7.83. The van der Waals surface area contributed by atoms with Crippen LogP contribution < -0.4 is 5.32 Å². The van der Waals surface area contributed by atoms with Gasteiger partial charge in [0.25, 0.3) is 0 Å². The third-order valence-corrected chi connectivity index (χ3v) is 5.94. The summed E-state index contributed by atoms with van der Waals surface area (Å²) in [6, 6.07) is 6.25. The lowest BCUT2D eigenvalue weighted by atomic mass is 9.77. The smallest absolute Gasteiger partial charge is 0.177 e. The molecule has 4 nitrogen and oxygen atoms in total. The van der Waals surface area contributed by atoms with Crippen LogP contribution in [0.2, 0.25) is 5.02 Å². The molecule has 4 heterocycles. The van der Waals surface area contributed by atoms with Crippen LogP contribution in [0.15, 0.2) is 22.7 Å². The van der Waals surface area contributed by atoms with E-state index in [9.17, 15) is 0 Å². The number of nitrogens with zero attached hydrogens (tertiary/aromatic N) is 2. The Morgan fingerprint density at radius 2 is 2.10 bits per heavy atom. The molecule has 1 saturated carbocycles. The van der Waals surface area contributed by atoms with Crippen LogP contribution in [0.5, 0.6) is 0 Å². The van der Waals surface area contributed by atoms with Gasteiger partial charge in [-0.3, -0.25) is 4.90 Å². The monoisotopic (exact) mass is 303 g/mol. The van der Waals surface area contributed by atoms with Crippen LogP contribution >= 0.6 is 11.6 Å². The normalized spacial score (nSPS) is 32.7. The molecule has 0 radical (unpaired) electrons. The molecule has 6 rings (SSSR count). The molecule has 0 amide bonds. The topological polar surface area (TPSA) is 41.3 Å². The number of anilines is 1. The Morgan fingerprint density at radius 3 is 2.86 bits per heavy atom. The molecule has 1 N–H and O–H groups in total. The minimum Gasteiger partial charge on any atom is -0.362 e. The van der Waals surface area contributed by atoms with Crippen LogP contribution in [0.3, 0.4) is 0 Å². The van der Waals surface area contributed by atoms with Gasteiger partial charge in [-0.05, 0) is 56.8 Å².